The van der Waals surface area contributed by atoms with Crippen LogP contribution in [0.3, 0.4) is 0 Å². The summed E-state index contributed by atoms with van der Waals surface area (Å²) in [5.41, 5.74) is 1.46. The molecule has 0 aromatic heterocycles. The molecule has 1 fully saturated rings. The Bertz CT molecular complexity index is 780. The predicted molar refractivity (Wildman–Crippen MR) is 112 cm³/mol. The number of nitrogens with one attached hydrogen (secondary N) is 1. The van der Waals surface area contributed by atoms with Gasteiger partial charge in [0.2, 0.25) is 5.91 Å². The Morgan fingerprint density at radius 1 is 1.21 bits per heavy atom. The summed E-state index contributed by atoms with van der Waals surface area (Å²) < 4.78 is 19.4. The Morgan fingerprint density at radius 3 is 2.62 bits per heavy atom. The Kier molecular flexibility index (Phi) is 8.00. The van der Waals surface area contributed by atoms with Crippen LogP contribution in [-0.2, 0) is 16.1 Å². The number of morpholine rings is 1. The zero-order chi connectivity index (χ0) is 20.6. The molecule has 1 aliphatic heterocycles. The summed E-state index contributed by atoms with van der Waals surface area (Å²) >= 11 is 6.08. The molecule has 2 aromatic carbocycles. The van der Waals surface area contributed by atoms with Gasteiger partial charge in [0, 0.05) is 49.9 Å². The molecule has 1 heterocycles. The molecule has 29 heavy (non-hydrogen) atoms. The molecule has 1 atom stereocenters. The van der Waals surface area contributed by atoms with Gasteiger partial charge in [-0.1, -0.05) is 48.0 Å². The smallest absolute Gasteiger partial charge is 0.236 e. The second-order valence-electron chi connectivity index (χ2n) is 7.21. The molecule has 1 saturated heterocycles. The predicted octanol–water partition coefficient (Wildman–Crippen LogP) is 3.10. The standard InChI is InChI=1S/C22H27ClFN3O2/c1-26(15-18-19(23)8-5-9-20(18)24)22(28)14-25-21(17-6-3-2-4-7-17)16-27-10-12-29-13-11-27/h2-9,21,25H,10-16H2,1H3. The maximum atomic E-state index is 14.0. The lowest BCUT2D eigenvalue weighted by Gasteiger charge is -2.31. The van der Waals surface area contributed by atoms with Crippen LogP contribution in [0.2, 0.25) is 5.02 Å². The first-order valence-corrected chi connectivity index (χ1v) is 10.2. The van der Waals surface area contributed by atoms with Crippen LogP contribution >= 0.6 is 11.6 Å². The van der Waals surface area contributed by atoms with E-state index in [1.54, 1.807) is 19.2 Å². The van der Waals surface area contributed by atoms with E-state index in [-0.39, 0.29) is 25.0 Å². The molecule has 5 nitrogen and oxygen atoms in total. The molecule has 3 rings (SSSR count). The van der Waals surface area contributed by atoms with E-state index in [1.807, 2.05) is 18.2 Å². The molecule has 1 N–H and O–H groups in total. The lowest BCUT2D eigenvalue weighted by molar-refractivity contribution is -0.129. The van der Waals surface area contributed by atoms with Gasteiger partial charge in [0.15, 0.2) is 0 Å². The lowest BCUT2D eigenvalue weighted by Crippen LogP contribution is -2.44. The third-order valence-corrected chi connectivity index (χ3v) is 5.48. The molecule has 156 valence electrons. The first kappa shape index (κ1) is 21.7. The van der Waals surface area contributed by atoms with Crippen molar-refractivity contribution in [3.8, 4) is 0 Å². The van der Waals surface area contributed by atoms with Gasteiger partial charge in [-0.2, -0.15) is 0 Å². The molecule has 1 amide bonds. The van der Waals surface area contributed by atoms with E-state index in [2.05, 4.69) is 22.3 Å². The lowest BCUT2D eigenvalue weighted by atomic mass is 10.1. The van der Waals surface area contributed by atoms with E-state index < -0.39 is 5.82 Å². The van der Waals surface area contributed by atoms with Gasteiger partial charge < -0.3 is 15.0 Å². The average Bonchev–Trinajstić information content (AvgIpc) is 2.74. The van der Waals surface area contributed by atoms with Gasteiger partial charge in [-0.05, 0) is 17.7 Å². The molecular weight excluding hydrogens is 393 g/mol. The number of halogens is 2. The highest BCUT2D eigenvalue weighted by molar-refractivity contribution is 6.31. The van der Waals surface area contributed by atoms with Crippen LogP contribution in [0.15, 0.2) is 48.5 Å². The summed E-state index contributed by atoms with van der Waals surface area (Å²) in [6, 6.07) is 14.7. The Balaban J connectivity index is 1.61. The van der Waals surface area contributed by atoms with Gasteiger partial charge in [0.05, 0.1) is 19.8 Å². The second-order valence-corrected chi connectivity index (χ2v) is 7.61. The fraction of sp³-hybridized carbons (Fsp3) is 0.409. The van der Waals surface area contributed by atoms with E-state index in [9.17, 15) is 9.18 Å². The minimum absolute atomic E-state index is 0.0173. The number of ether oxygens (including phenoxy) is 1. The minimum atomic E-state index is -0.403. The van der Waals surface area contributed by atoms with E-state index in [4.69, 9.17) is 16.3 Å². The van der Waals surface area contributed by atoms with E-state index in [0.717, 1.165) is 38.4 Å². The zero-order valence-electron chi connectivity index (χ0n) is 16.6. The van der Waals surface area contributed by atoms with Crippen molar-refractivity contribution in [1.29, 1.82) is 0 Å². The molecule has 0 saturated carbocycles. The fourth-order valence-corrected chi connectivity index (χ4v) is 3.59. The van der Waals surface area contributed by atoms with Crippen LogP contribution in [0.5, 0.6) is 0 Å². The summed E-state index contributed by atoms with van der Waals surface area (Å²) in [6.45, 7) is 4.30. The Morgan fingerprint density at radius 2 is 1.93 bits per heavy atom. The van der Waals surface area contributed by atoms with Crippen LogP contribution < -0.4 is 5.32 Å². The molecule has 0 radical (unpaired) electrons. The van der Waals surface area contributed by atoms with Crippen molar-refractivity contribution in [2.24, 2.45) is 0 Å². The Labute approximate surface area is 176 Å². The van der Waals surface area contributed by atoms with Crippen molar-refractivity contribution in [1.82, 2.24) is 15.1 Å². The fourth-order valence-electron chi connectivity index (χ4n) is 3.37. The van der Waals surface area contributed by atoms with Gasteiger partial charge in [-0.25, -0.2) is 4.39 Å². The molecule has 2 aromatic rings. The second kappa shape index (κ2) is 10.7. The van der Waals surface area contributed by atoms with Crippen molar-refractivity contribution in [3.05, 3.63) is 70.5 Å². The normalized spacial score (nSPS) is 15.8. The number of likely N-dealkylation sites (N-methyl/N-ethyl adjacent to an activating group) is 1. The average molecular weight is 420 g/mol. The Hall–Kier alpha value is -1.99. The highest BCUT2D eigenvalue weighted by Gasteiger charge is 2.20. The number of carbonyl (C=O) groups is 1. The maximum absolute atomic E-state index is 14.0. The first-order valence-electron chi connectivity index (χ1n) is 9.80. The summed E-state index contributed by atoms with van der Waals surface area (Å²) in [5.74, 6) is -0.521. The number of carbonyl (C=O) groups excluding carboxylic acids is 1. The maximum Gasteiger partial charge on any atom is 0.236 e. The molecule has 0 aliphatic carbocycles. The summed E-state index contributed by atoms with van der Waals surface area (Å²) in [5, 5.41) is 3.70. The SMILES string of the molecule is CN(Cc1c(F)cccc1Cl)C(=O)CNC(CN1CCOCC1)c1ccccc1. The molecule has 0 spiro atoms. The van der Waals surface area contributed by atoms with E-state index >= 15 is 0 Å². The van der Waals surface area contributed by atoms with Gasteiger partial charge in [-0.15, -0.1) is 0 Å². The van der Waals surface area contributed by atoms with Crippen molar-refractivity contribution < 1.29 is 13.9 Å². The van der Waals surface area contributed by atoms with Gasteiger partial charge >= 0.3 is 0 Å². The molecular formula is C22H27ClFN3O2. The van der Waals surface area contributed by atoms with E-state index in [0.29, 0.717) is 10.6 Å². The third-order valence-electron chi connectivity index (χ3n) is 5.13. The largest absolute Gasteiger partial charge is 0.379 e. The van der Waals surface area contributed by atoms with Gasteiger partial charge in [0.25, 0.3) is 0 Å². The van der Waals surface area contributed by atoms with E-state index in [1.165, 1.54) is 11.0 Å². The minimum Gasteiger partial charge on any atom is -0.379 e. The quantitative estimate of drug-likeness (QED) is 0.714. The van der Waals surface area contributed by atoms with Crippen molar-refractivity contribution in [3.63, 3.8) is 0 Å². The number of hydrogen-bond donors (Lipinski definition) is 1. The molecule has 0 bridgehead atoms. The number of benzene rings is 2. The number of rotatable bonds is 8. The van der Waals surface area contributed by atoms with Crippen molar-refractivity contribution in [2.75, 3.05) is 46.4 Å². The van der Waals surface area contributed by atoms with Crippen molar-refractivity contribution >= 4 is 17.5 Å². The van der Waals surface area contributed by atoms with Gasteiger partial charge in [-0.3, -0.25) is 9.69 Å². The molecule has 7 heteroatoms. The van der Waals surface area contributed by atoms with Gasteiger partial charge in [0.1, 0.15) is 5.82 Å². The zero-order valence-corrected chi connectivity index (χ0v) is 17.4. The highest BCUT2D eigenvalue weighted by Crippen LogP contribution is 2.20. The van der Waals surface area contributed by atoms with Crippen molar-refractivity contribution in [2.45, 2.75) is 12.6 Å². The summed E-state index contributed by atoms with van der Waals surface area (Å²) in [6.07, 6.45) is 0. The number of amides is 1. The van der Waals surface area contributed by atoms with Crippen LogP contribution in [0, 0.1) is 5.82 Å². The third kappa shape index (κ3) is 6.24. The molecule has 1 aliphatic rings. The van der Waals surface area contributed by atoms with Crippen LogP contribution in [0.4, 0.5) is 4.39 Å². The molecule has 1 unspecified atom stereocenters. The monoisotopic (exact) mass is 419 g/mol. The number of hydrogen-bond acceptors (Lipinski definition) is 4. The summed E-state index contributed by atoms with van der Waals surface area (Å²) in [4.78, 5) is 16.5. The highest BCUT2D eigenvalue weighted by atomic mass is 35.5. The van der Waals surface area contributed by atoms with Crippen LogP contribution in [0.25, 0.3) is 0 Å². The number of nitrogens with zero attached hydrogens (tertiary/aromatic N) is 2. The topological polar surface area (TPSA) is 44.8 Å². The van der Waals surface area contributed by atoms with Crippen LogP contribution in [-0.4, -0.2) is 62.1 Å². The first-order chi connectivity index (χ1) is 14.0. The van der Waals surface area contributed by atoms with Crippen LogP contribution in [0.1, 0.15) is 17.2 Å². The summed E-state index contributed by atoms with van der Waals surface area (Å²) in [7, 11) is 1.66.